The lowest BCUT2D eigenvalue weighted by Gasteiger charge is -2.33. The van der Waals surface area contributed by atoms with Gasteiger partial charge in [-0.2, -0.15) is 0 Å². The van der Waals surface area contributed by atoms with Gasteiger partial charge in [0.2, 0.25) is 0 Å². The summed E-state index contributed by atoms with van der Waals surface area (Å²) in [5, 5.41) is 3.65. The summed E-state index contributed by atoms with van der Waals surface area (Å²) in [5.74, 6) is 0. The van der Waals surface area contributed by atoms with Crippen LogP contribution in [0.15, 0.2) is 18.2 Å². The number of benzene rings is 1. The van der Waals surface area contributed by atoms with Crippen LogP contribution in [0, 0.1) is 13.8 Å². The third-order valence-electron chi connectivity index (χ3n) is 4.39. The lowest BCUT2D eigenvalue weighted by atomic mass is 10.00. The number of nitrogens with zero attached hydrogens (tertiary/aromatic N) is 1. The fraction of sp³-hybridized carbons (Fsp3) is 0.647. The molecule has 1 aromatic carbocycles. The summed E-state index contributed by atoms with van der Waals surface area (Å²) in [7, 11) is 0. The average Bonchev–Trinajstić information content (AvgIpc) is 2.43. The summed E-state index contributed by atoms with van der Waals surface area (Å²) in [4.78, 5) is 2.63. The van der Waals surface area contributed by atoms with Crippen LogP contribution in [0.25, 0.3) is 0 Å². The van der Waals surface area contributed by atoms with Crippen LogP contribution in [0.2, 0.25) is 0 Å². The van der Waals surface area contributed by atoms with Crippen LogP contribution in [0.5, 0.6) is 0 Å². The first kappa shape index (κ1) is 14.5. The average molecular weight is 260 g/mol. The standard InChI is InChI=1S/C17H28N2/c1-13-7-6-8-14(2)16(13)11-19-12-17(4,5)18-10-9-15(19)3/h6-8,15,18H,9-12H2,1-5H3. The first-order valence-electron chi connectivity index (χ1n) is 7.43. The third-order valence-corrected chi connectivity index (χ3v) is 4.39. The highest BCUT2D eigenvalue weighted by Gasteiger charge is 2.28. The summed E-state index contributed by atoms with van der Waals surface area (Å²) < 4.78 is 0. The zero-order valence-corrected chi connectivity index (χ0v) is 13.1. The van der Waals surface area contributed by atoms with Gasteiger partial charge < -0.3 is 5.32 Å². The fourth-order valence-corrected chi connectivity index (χ4v) is 3.03. The number of rotatable bonds is 2. The van der Waals surface area contributed by atoms with Crippen LogP contribution in [-0.2, 0) is 6.54 Å². The van der Waals surface area contributed by atoms with Crippen molar-refractivity contribution in [2.24, 2.45) is 0 Å². The van der Waals surface area contributed by atoms with Crippen LogP contribution in [-0.4, -0.2) is 29.6 Å². The van der Waals surface area contributed by atoms with Crippen molar-refractivity contribution in [3.63, 3.8) is 0 Å². The van der Waals surface area contributed by atoms with Gasteiger partial charge in [0.25, 0.3) is 0 Å². The van der Waals surface area contributed by atoms with Crippen molar-refractivity contribution in [1.29, 1.82) is 0 Å². The van der Waals surface area contributed by atoms with E-state index in [0.717, 1.165) is 19.6 Å². The predicted molar refractivity (Wildman–Crippen MR) is 82.5 cm³/mol. The Morgan fingerprint density at radius 2 is 1.89 bits per heavy atom. The van der Waals surface area contributed by atoms with Crippen molar-refractivity contribution in [1.82, 2.24) is 10.2 Å². The number of aryl methyl sites for hydroxylation is 2. The zero-order chi connectivity index (χ0) is 14.0. The van der Waals surface area contributed by atoms with Crippen molar-refractivity contribution < 1.29 is 0 Å². The van der Waals surface area contributed by atoms with Gasteiger partial charge in [-0.1, -0.05) is 18.2 Å². The van der Waals surface area contributed by atoms with E-state index in [1.54, 1.807) is 0 Å². The Morgan fingerprint density at radius 3 is 2.53 bits per heavy atom. The van der Waals surface area contributed by atoms with E-state index in [0.29, 0.717) is 6.04 Å². The molecule has 1 heterocycles. The molecule has 2 nitrogen and oxygen atoms in total. The van der Waals surface area contributed by atoms with Crippen LogP contribution < -0.4 is 5.32 Å². The molecule has 0 radical (unpaired) electrons. The Hall–Kier alpha value is -0.860. The van der Waals surface area contributed by atoms with Gasteiger partial charge in [0.05, 0.1) is 0 Å². The highest BCUT2D eigenvalue weighted by molar-refractivity contribution is 5.33. The van der Waals surface area contributed by atoms with Crippen LogP contribution >= 0.6 is 0 Å². The van der Waals surface area contributed by atoms with E-state index in [2.05, 4.69) is 63.0 Å². The van der Waals surface area contributed by atoms with Crippen molar-refractivity contribution in [3.8, 4) is 0 Å². The SMILES string of the molecule is Cc1cccc(C)c1CN1CC(C)(C)NCCC1C. The second-order valence-electron chi connectivity index (χ2n) is 6.72. The maximum Gasteiger partial charge on any atom is 0.0252 e. The molecule has 0 aromatic heterocycles. The van der Waals surface area contributed by atoms with Gasteiger partial charge in [-0.25, -0.2) is 0 Å². The molecule has 1 atom stereocenters. The van der Waals surface area contributed by atoms with Crippen LogP contribution in [0.3, 0.4) is 0 Å². The van der Waals surface area contributed by atoms with E-state index in [-0.39, 0.29) is 5.54 Å². The molecule has 1 aliphatic heterocycles. The number of nitrogens with one attached hydrogen (secondary N) is 1. The van der Waals surface area contributed by atoms with Crippen molar-refractivity contribution in [3.05, 3.63) is 34.9 Å². The van der Waals surface area contributed by atoms with Gasteiger partial charge in [-0.15, -0.1) is 0 Å². The van der Waals surface area contributed by atoms with Crippen molar-refractivity contribution in [2.45, 2.75) is 59.2 Å². The first-order valence-corrected chi connectivity index (χ1v) is 7.43. The van der Waals surface area contributed by atoms with Crippen LogP contribution in [0.4, 0.5) is 0 Å². The topological polar surface area (TPSA) is 15.3 Å². The second-order valence-corrected chi connectivity index (χ2v) is 6.72. The molecule has 2 heteroatoms. The Labute approximate surface area is 118 Å². The first-order chi connectivity index (χ1) is 8.89. The maximum absolute atomic E-state index is 3.65. The summed E-state index contributed by atoms with van der Waals surface area (Å²) in [6.07, 6.45) is 1.23. The van der Waals surface area contributed by atoms with Gasteiger partial charge in [-0.05, 0) is 64.3 Å². The Kier molecular flexibility index (Phi) is 4.32. The highest BCUT2D eigenvalue weighted by atomic mass is 15.2. The Balaban J connectivity index is 2.20. The number of hydrogen-bond donors (Lipinski definition) is 1. The van der Waals surface area contributed by atoms with E-state index in [9.17, 15) is 0 Å². The Bertz CT molecular complexity index is 417. The minimum Gasteiger partial charge on any atom is -0.310 e. The molecule has 0 amide bonds. The molecule has 1 aromatic rings. The predicted octanol–water partition coefficient (Wildman–Crippen LogP) is 3.27. The largest absolute Gasteiger partial charge is 0.310 e. The third kappa shape index (κ3) is 3.58. The number of hydrogen-bond acceptors (Lipinski definition) is 2. The monoisotopic (exact) mass is 260 g/mol. The van der Waals surface area contributed by atoms with Gasteiger partial charge >= 0.3 is 0 Å². The Morgan fingerprint density at radius 1 is 1.26 bits per heavy atom. The molecule has 1 N–H and O–H groups in total. The lowest BCUT2D eigenvalue weighted by molar-refractivity contribution is 0.172. The molecular weight excluding hydrogens is 232 g/mol. The summed E-state index contributed by atoms with van der Waals surface area (Å²) in [5.41, 5.74) is 4.55. The molecule has 0 bridgehead atoms. The van der Waals surface area contributed by atoms with E-state index in [4.69, 9.17) is 0 Å². The minimum atomic E-state index is 0.210. The molecule has 1 unspecified atom stereocenters. The normalized spacial score (nSPS) is 24.2. The molecule has 0 spiro atoms. The minimum absolute atomic E-state index is 0.210. The van der Waals surface area contributed by atoms with E-state index >= 15 is 0 Å². The molecular formula is C17H28N2. The molecule has 1 aliphatic rings. The quantitative estimate of drug-likeness (QED) is 0.878. The maximum atomic E-state index is 3.65. The van der Waals surface area contributed by atoms with E-state index in [1.165, 1.54) is 23.1 Å². The molecule has 1 fully saturated rings. The summed E-state index contributed by atoms with van der Waals surface area (Å²) in [6, 6.07) is 7.27. The second kappa shape index (κ2) is 5.64. The van der Waals surface area contributed by atoms with Crippen molar-refractivity contribution in [2.75, 3.05) is 13.1 Å². The molecule has 0 aliphatic carbocycles. The molecule has 0 saturated carbocycles. The fourth-order valence-electron chi connectivity index (χ4n) is 3.03. The zero-order valence-electron chi connectivity index (χ0n) is 13.1. The summed E-state index contributed by atoms with van der Waals surface area (Å²) >= 11 is 0. The van der Waals surface area contributed by atoms with Crippen LogP contribution in [0.1, 0.15) is 43.9 Å². The van der Waals surface area contributed by atoms with Gasteiger partial charge in [-0.3, -0.25) is 4.90 Å². The van der Waals surface area contributed by atoms with Gasteiger partial charge in [0.1, 0.15) is 0 Å². The molecule has 2 rings (SSSR count). The van der Waals surface area contributed by atoms with E-state index < -0.39 is 0 Å². The lowest BCUT2D eigenvalue weighted by Crippen LogP contribution is -2.47. The van der Waals surface area contributed by atoms with Crippen molar-refractivity contribution >= 4 is 0 Å². The smallest absolute Gasteiger partial charge is 0.0252 e. The molecule has 106 valence electrons. The molecule has 19 heavy (non-hydrogen) atoms. The van der Waals surface area contributed by atoms with Gasteiger partial charge in [0, 0.05) is 24.7 Å². The van der Waals surface area contributed by atoms with Gasteiger partial charge in [0.15, 0.2) is 0 Å². The summed E-state index contributed by atoms with van der Waals surface area (Å²) in [6.45, 7) is 14.7. The molecule has 1 saturated heterocycles. The highest BCUT2D eigenvalue weighted by Crippen LogP contribution is 2.21. The van der Waals surface area contributed by atoms with E-state index in [1.807, 2.05) is 0 Å².